The van der Waals surface area contributed by atoms with Crippen molar-refractivity contribution in [2.45, 2.75) is 0 Å². The number of hydrogen-bond acceptors (Lipinski definition) is 3. The molecular weight excluding hydrogens is 256 g/mol. The number of fused-ring (bicyclic) bond motifs is 1. The van der Waals surface area contributed by atoms with Crippen LogP contribution in [0.4, 0.5) is 0 Å². The molecule has 0 atom stereocenters. The lowest BCUT2D eigenvalue weighted by Gasteiger charge is -2.08. The van der Waals surface area contributed by atoms with Crippen molar-refractivity contribution in [1.29, 1.82) is 0 Å². The normalized spacial score (nSPS) is 10.6. The van der Waals surface area contributed by atoms with Crippen LogP contribution in [0, 0.1) is 0 Å². The molecule has 0 saturated heterocycles. The van der Waals surface area contributed by atoms with Crippen LogP contribution >= 0.6 is 11.3 Å². The van der Waals surface area contributed by atoms with Crippen LogP contribution in [0.1, 0.15) is 10.4 Å². The molecule has 0 N–H and O–H groups in total. The van der Waals surface area contributed by atoms with Crippen LogP contribution < -0.4 is 4.74 Å². The molecule has 0 aliphatic rings. The Morgan fingerprint density at radius 1 is 1.11 bits per heavy atom. The zero-order valence-electron chi connectivity index (χ0n) is 10.4. The highest BCUT2D eigenvalue weighted by molar-refractivity contribution is 7.17. The van der Waals surface area contributed by atoms with E-state index in [-0.39, 0.29) is 0 Å². The summed E-state index contributed by atoms with van der Waals surface area (Å²) in [6, 6.07) is 13.8. The summed E-state index contributed by atoms with van der Waals surface area (Å²) < 4.78 is 6.37. The fourth-order valence-corrected chi connectivity index (χ4v) is 3.14. The van der Waals surface area contributed by atoms with Crippen molar-refractivity contribution in [3.05, 3.63) is 53.4 Å². The molecule has 0 amide bonds. The first kappa shape index (κ1) is 11.9. The largest absolute Gasteiger partial charge is 0.497 e. The number of benzene rings is 2. The average Bonchev–Trinajstić information content (AvgIpc) is 2.95. The molecule has 0 unspecified atom stereocenters. The first-order valence-corrected chi connectivity index (χ1v) is 6.81. The Bertz CT molecular complexity index is 743. The van der Waals surface area contributed by atoms with Gasteiger partial charge in [-0.2, -0.15) is 0 Å². The van der Waals surface area contributed by atoms with E-state index in [4.69, 9.17) is 4.74 Å². The first-order valence-electron chi connectivity index (χ1n) is 5.93. The van der Waals surface area contributed by atoms with Gasteiger partial charge in [0.1, 0.15) is 5.75 Å². The highest BCUT2D eigenvalue weighted by Crippen LogP contribution is 2.35. The van der Waals surface area contributed by atoms with Gasteiger partial charge in [0.05, 0.1) is 7.11 Å². The highest BCUT2D eigenvalue weighted by Gasteiger charge is 2.10. The third kappa shape index (κ3) is 2.02. The predicted molar refractivity (Wildman–Crippen MR) is 79.2 cm³/mol. The summed E-state index contributed by atoms with van der Waals surface area (Å²) in [5, 5.41) is 3.27. The fourth-order valence-electron chi connectivity index (χ4n) is 2.22. The van der Waals surface area contributed by atoms with Gasteiger partial charge in [-0.05, 0) is 40.6 Å². The maximum Gasteiger partial charge on any atom is 0.150 e. The number of carbonyl (C=O) groups excluding carboxylic acids is 1. The van der Waals surface area contributed by atoms with Crippen LogP contribution in [0.25, 0.3) is 21.2 Å². The number of ether oxygens (including phenoxy) is 1. The summed E-state index contributed by atoms with van der Waals surface area (Å²) >= 11 is 1.69. The van der Waals surface area contributed by atoms with Gasteiger partial charge >= 0.3 is 0 Å². The van der Waals surface area contributed by atoms with Crippen LogP contribution in [0.15, 0.2) is 47.8 Å². The molecule has 0 aliphatic carbocycles. The second kappa shape index (κ2) is 4.86. The molecule has 0 saturated carbocycles. The SMILES string of the molecule is COc1ccc(-c2cccc3ccsc23)c(C=O)c1. The minimum absolute atomic E-state index is 0.653. The Morgan fingerprint density at radius 2 is 2.00 bits per heavy atom. The van der Waals surface area contributed by atoms with Crippen LogP contribution in [-0.2, 0) is 0 Å². The molecule has 0 spiro atoms. The minimum atomic E-state index is 0.653. The van der Waals surface area contributed by atoms with E-state index in [0.29, 0.717) is 11.3 Å². The molecule has 3 rings (SSSR count). The van der Waals surface area contributed by atoms with Crippen molar-refractivity contribution in [2.75, 3.05) is 7.11 Å². The van der Waals surface area contributed by atoms with Gasteiger partial charge in [-0.25, -0.2) is 0 Å². The number of rotatable bonds is 3. The second-order valence-corrected chi connectivity index (χ2v) is 5.13. The lowest BCUT2D eigenvalue weighted by Crippen LogP contribution is -1.90. The van der Waals surface area contributed by atoms with Gasteiger partial charge in [0.15, 0.2) is 6.29 Å². The van der Waals surface area contributed by atoms with E-state index in [0.717, 1.165) is 17.4 Å². The van der Waals surface area contributed by atoms with Crippen LogP contribution in [0.2, 0.25) is 0 Å². The zero-order chi connectivity index (χ0) is 13.2. The van der Waals surface area contributed by atoms with E-state index in [1.807, 2.05) is 24.3 Å². The first-order chi connectivity index (χ1) is 9.33. The number of hydrogen-bond donors (Lipinski definition) is 0. The molecule has 1 heterocycles. The number of carbonyl (C=O) groups is 1. The Hall–Kier alpha value is -2.13. The van der Waals surface area contributed by atoms with Crippen LogP contribution in [-0.4, -0.2) is 13.4 Å². The maximum atomic E-state index is 11.3. The van der Waals surface area contributed by atoms with E-state index in [9.17, 15) is 4.79 Å². The van der Waals surface area contributed by atoms with Gasteiger partial charge in [-0.1, -0.05) is 18.2 Å². The monoisotopic (exact) mass is 268 g/mol. The van der Waals surface area contributed by atoms with Gasteiger partial charge in [0.25, 0.3) is 0 Å². The molecule has 0 bridgehead atoms. The van der Waals surface area contributed by atoms with E-state index in [2.05, 4.69) is 17.5 Å². The van der Waals surface area contributed by atoms with Crippen molar-refractivity contribution in [1.82, 2.24) is 0 Å². The summed E-state index contributed by atoms with van der Waals surface area (Å²) in [6.45, 7) is 0. The van der Waals surface area contributed by atoms with E-state index >= 15 is 0 Å². The quantitative estimate of drug-likeness (QED) is 0.658. The van der Waals surface area contributed by atoms with Crippen LogP contribution in [0.3, 0.4) is 0 Å². The van der Waals surface area contributed by atoms with E-state index in [1.165, 1.54) is 10.1 Å². The van der Waals surface area contributed by atoms with Gasteiger partial charge in [-0.3, -0.25) is 4.79 Å². The van der Waals surface area contributed by atoms with Gasteiger partial charge in [-0.15, -0.1) is 11.3 Å². The Morgan fingerprint density at radius 3 is 2.79 bits per heavy atom. The molecule has 3 heteroatoms. The molecule has 2 nitrogen and oxygen atoms in total. The number of thiophene rings is 1. The summed E-state index contributed by atoms with van der Waals surface area (Å²) in [6.07, 6.45) is 0.879. The molecular formula is C16H12O2S. The third-order valence-electron chi connectivity index (χ3n) is 3.15. The summed E-state index contributed by atoms with van der Waals surface area (Å²) in [5.41, 5.74) is 2.70. The van der Waals surface area contributed by atoms with Crippen molar-refractivity contribution in [3.63, 3.8) is 0 Å². The predicted octanol–water partition coefficient (Wildman–Crippen LogP) is 4.39. The minimum Gasteiger partial charge on any atom is -0.497 e. The van der Waals surface area contributed by atoms with Gasteiger partial charge in [0.2, 0.25) is 0 Å². The molecule has 0 fully saturated rings. The van der Waals surface area contributed by atoms with Crippen molar-refractivity contribution in [2.24, 2.45) is 0 Å². The fraction of sp³-hybridized carbons (Fsp3) is 0.0625. The molecule has 94 valence electrons. The molecule has 0 aliphatic heterocycles. The van der Waals surface area contributed by atoms with Crippen molar-refractivity contribution >= 4 is 27.7 Å². The van der Waals surface area contributed by atoms with Crippen molar-refractivity contribution in [3.8, 4) is 16.9 Å². The second-order valence-electron chi connectivity index (χ2n) is 4.22. The van der Waals surface area contributed by atoms with Crippen molar-refractivity contribution < 1.29 is 9.53 Å². The lowest BCUT2D eigenvalue weighted by atomic mass is 9.99. The number of methoxy groups -OCH3 is 1. The zero-order valence-corrected chi connectivity index (χ0v) is 11.2. The lowest BCUT2D eigenvalue weighted by molar-refractivity contribution is 0.112. The summed E-state index contributed by atoms with van der Waals surface area (Å²) in [4.78, 5) is 11.3. The Balaban J connectivity index is 2.26. The smallest absolute Gasteiger partial charge is 0.150 e. The molecule has 19 heavy (non-hydrogen) atoms. The molecule has 2 aromatic carbocycles. The van der Waals surface area contributed by atoms with E-state index < -0.39 is 0 Å². The maximum absolute atomic E-state index is 11.3. The molecule has 0 radical (unpaired) electrons. The topological polar surface area (TPSA) is 26.3 Å². The van der Waals surface area contributed by atoms with Gasteiger partial charge < -0.3 is 4.74 Å². The number of aldehydes is 1. The van der Waals surface area contributed by atoms with Gasteiger partial charge in [0, 0.05) is 15.8 Å². The summed E-state index contributed by atoms with van der Waals surface area (Å²) in [7, 11) is 1.60. The standard InChI is InChI=1S/C16H12O2S/c1-18-13-5-6-14(12(9-13)10-17)15-4-2-3-11-7-8-19-16(11)15/h2-10H,1H3. The molecule has 3 aromatic rings. The third-order valence-corrected chi connectivity index (χ3v) is 4.12. The average molecular weight is 268 g/mol. The van der Waals surface area contributed by atoms with E-state index in [1.54, 1.807) is 24.5 Å². The molecule has 1 aromatic heterocycles. The Kier molecular flexibility index (Phi) is 3.05. The Labute approximate surface area is 115 Å². The highest BCUT2D eigenvalue weighted by atomic mass is 32.1. The summed E-state index contributed by atoms with van der Waals surface area (Å²) in [5.74, 6) is 0.698. The van der Waals surface area contributed by atoms with Crippen LogP contribution in [0.5, 0.6) is 5.75 Å².